The van der Waals surface area contributed by atoms with Crippen molar-refractivity contribution in [2.24, 2.45) is 11.8 Å². The molecule has 0 radical (unpaired) electrons. The summed E-state index contributed by atoms with van der Waals surface area (Å²) in [4.78, 5) is 23.3. The Morgan fingerprint density at radius 2 is 1.68 bits per heavy atom. The molecule has 136 valence electrons. The van der Waals surface area contributed by atoms with Crippen molar-refractivity contribution in [2.45, 2.75) is 63.5 Å². The van der Waals surface area contributed by atoms with Gasteiger partial charge >= 0.3 is 12.0 Å². The van der Waals surface area contributed by atoms with Gasteiger partial charge in [0.25, 0.3) is 0 Å². The molecule has 2 atom stereocenters. The summed E-state index contributed by atoms with van der Waals surface area (Å²) in [6, 6.07) is 10.7. The minimum Gasteiger partial charge on any atom is -0.481 e. The highest BCUT2D eigenvalue weighted by Crippen LogP contribution is 2.29. The average Bonchev–Trinajstić information content (AvgIpc) is 3.03. The number of benzene rings is 1. The number of hydrogen-bond donors (Lipinski definition) is 3. The van der Waals surface area contributed by atoms with Crippen LogP contribution in [0.4, 0.5) is 4.79 Å². The van der Waals surface area contributed by atoms with Crippen molar-refractivity contribution in [3.8, 4) is 0 Å². The summed E-state index contributed by atoms with van der Waals surface area (Å²) in [5.41, 5.74) is 1.33. The zero-order valence-corrected chi connectivity index (χ0v) is 14.6. The van der Waals surface area contributed by atoms with Gasteiger partial charge in [0.15, 0.2) is 0 Å². The molecule has 25 heavy (non-hydrogen) atoms. The van der Waals surface area contributed by atoms with E-state index >= 15 is 0 Å². The summed E-state index contributed by atoms with van der Waals surface area (Å²) in [5, 5.41) is 15.3. The zero-order chi connectivity index (χ0) is 17.6. The van der Waals surface area contributed by atoms with Crippen LogP contribution in [0, 0.1) is 11.8 Å². The Kier molecular flexibility index (Phi) is 5.95. The Labute approximate surface area is 149 Å². The molecule has 0 aromatic heterocycles. The number of rotatable bonds is 5. The SMILES string of the molecule is O=C(NC1CCC(C(=O)O)CC1)NC1CCCC1Cc1ccccc1. The van der Waals surface area contributed by atoms with Gasteiger partial charge in [-0.25, -0.2) is 4.79 Å². The number of nitrogens with one attached hydrogen (secondary N) is 2. The number of carboxylic acids is 1. The molecular weight excluding hydrogens is 316 g/mol. The Morgan fingerprint density at radius 3 is 2.36 bits per heavy atom. The maximum Gasteiger partial charge on any atom is 0.315 e. The standard InChI is InChI=1S/C20H28N2O3/c23-19(24)15-9-11-17(12-10-15)21-20(25)22-18-8-4-7-16(18)13-14-5-2-1-3-6-14/h1-3,5-6,15-18H,4,7-13H2,(H,23,24)(H2,21,22,25). The number of urea groups is 1. The predicted octanol–water partition coefficient (Wildman–Crippen LogP) is 3.34. The average molecular weight is 344 g/mol. The molecular formula is C20H28N2O3. The first kappa shape index (κ1) is 17.8. The maximum absolute atomic E-state index is 12.3. The summed E-state index contributed by atoms with van der Waals surface area (Å²) < 4.78 is 0. The normalized spacial score (nSPS) is 29.1. The molecule has 1 aromatic carbocycles. The first-order chi connectivity index (χ1) is 12.1. The van der Waals surface area contributed by atoms with Crippen LogP contribution in [-0.4, -0.2) is 29.2 Å². The summed E-state index contributed by atoms with van der Waals surface area (Å²) in [6.07, 6.45) is 7.17. The lowest BCUT2D eigenvalue weighted by Crippen LogP contribution is -2.48. The topological polar surface area (TPSA) is 78.4 Å². The van der Waals surface area contributed by atoms with Crippen molar-refractivity contribution in [1.82, 2.24) is 10.6 Å². The summed E-state index contributed by atoms with van der Waals surface area (Å²) in [6.45, 7) is 0. The van der Waals surface area contributed by atoms with Crippen molar-refractivity contribution in [3.63, 3.8) is 0 Å². The van der Waals surface area contributed by atoms with Gasteiger partial charge in [-0.3, -0.25) is 4.79 Å². The first-order valence-electron chi connectivity index (χ1n) is 9.45. The fraction of sp³-hybridized carbons (Fsp3) is 0.600. The van der Waals surface area contributed by atoms with Crippen molar-refractivity contribution in [2.75, 3.05) is 0 Å². The van der Waals surface area contributed by atoms with Crippen LogP contribution in [0.2, 0.25) is 0 Å². The van der Waals surface area contributed by atoms with Gasteiger partial charge in [0, 0.05) is 12.1 Å². The van der Waals surface area contributed by atoms with Gasteiger partial charge < -0.3 is 15.7 Å². The molecule has 0 aliphatic heterocycles. The van der Waals surface area contributed by atoms with Crippen molar-refractivity contribution in [1.29, 1.82) is 0 Å². The van der Waals surface area contributed by atoms with E-state index in [0.717, 1.165) is 38.5 Å². The van der Waals surface area contributed by atoms with Gasteiger partial charge in [-0.1, -0.05) is 36.8 Å². The van der Waals surface area contributed by atoms with Crippen molar-refractivity contribution in [3.05, 3.63) is 35.9 Å². The molecule has 2 amide bonds. The van der Waals surface area contributed by atoms with Gasteiger partial charge in [-0.15, -0.1) is 0 Å². The summed E-state index contributed by atoms with van der Waals surface area (Å²) in [7, 11) is 0. The quantitative estimate of drug-likeness (QED) is 0.766. The van der Waals surface area contributed by atoms with E-state index in [-0.39, 0.29) is 24.0 Å². The highest BCUT2D eigenvalue weighted by molar-refractivity contribution is 5.75. The van der Waals surface area contributed by atoms with Gasteiger partial charge in [0.1, 0.15) is 0 Å². The van der Waals surface area contributed by atoms with Crippen LogP contribution in [0.25, 0.3) is 0 Å². The summed E-state index contributed by atoms with van der Waals surface area (Å²) >= 11 is 0. The Morgan fingerprint density at radius 1 is 0.960 bits per heavy atom. The molecule has 3 N–H and O–H groups in total. The second-order valence-electron chi connectivity index (χ2n) is 7.49. The molecule has 2 aliphatic rings. The fourth-order valence-corrected chi connectivity index (χ4v) is 4.27. The third kappa shape index (κ3) is 4.97. The van der Waals surface area contributed by atoms with E-state index in [9.17, 15) is 9.59 Å². The Bertz CT molecular complexity index is 582. The number of aliphatic carboxylic acids is 1. The van der Waals surface area contributed by atoms with Gasteiger partial charge in [0.2, 0.25) is 0 Å². The van der Waals surface area contributed by atoms with E-state index in [1.54, 1.807) is 0 Å². The lowest BCUT2D eigenvalue weighted by atomic mass is 9.86. The molecule has 2 aliphatic carbocycles. The number of amides is 2. The number of carbonyl (C=O) groups is 2. The minimum absolute atomic E-state index is 0.0938. The second-order valence-corrected chi connectivity index (χ2v) is 7.49. The molecule has 0 heterocycles. The molecule has 5 heteroatoms. The van der Waals surface area contributed by atoms with Crippen LogP contribution < -0.4 is 10.6 Å². The lowest BCUT2D eigenvalue weighted by molar-refractivity contribution is -0.142. The molecule has 0 spiro atoms. The molecule has 1 aromatic rings. The number of carbonyl (C=O) groups excluding carboxylic acids is 1. The molecule has 2 unspecified atom stereocenters. The van der Waals surface area contributed by atoms with E-state index < -0.39 is 5.97 Å². The predicted molar refractivity (Wildman–Crippen MR) is 96.3 cm³/mol. The molecule has 2 fully saturated rings. The summed E-state index contributed by atoms with van der Waals surface area (Å²) in [5.74, 6) is -0.459. The van der Waals surface area contributed by atoms with Gasteiger partial charge in [-0.2, -0.15) is 0 Å². The van der Waals surface area contributed by atoms with Crippen LogP contribution in [0.1, 0.15) is 50.5 Å². The van der Waals surface area contributed by atoms with E-state index in [1.807, 2.05) is 6.07 Å². The van der Waals surface area contributed by atoms with Crippen LogP contribution in [0.15, 0.2) is 30.3 Å². The zero-order valence-electron chi connectivity index (χ0n) is 14.6. The van der Waals surface area contributed by atoms with Crippen LogP contribution >= 0.6 is 0 Å². The Balaban J connectivity index is 1.45. The van der Waals surface area contributed by atoms with E-state index in [4.69, 9.17) is 5.11 Å². The molecule has 0 bridgehead atoms. The molecule has 5 nitrogen and oxygen atoms in total. The van der Waals surface area contributed by atoms with Crippen LogP contribution in [-0.2, 0) is 11.2 Å². The van der Waals surface area contributed by atoms with Crippen molar-refractivity contribution < 1.29 is 14.7 Å². The smallest absolute Gasteiger partial charge is 0.315 e. The largest absolute Gasteiger partial charge is 0.481 e. The van der Waals surface area contributed by atoms with E-state index in [2.05, 4.69) is 34.9 Å². The Hall–Kier alpha value is -2.04. The number of hydrogen-bond acceptors (Lipinski definition) is 2. The monoisotopic (exact) mass is 344 g/mol. The lowest BCUT2D eigenvalue weighted by Gasteiger charge is -2.28. The van der Waals surface area contributed by atoms with Crippen LogP contribution in [0.5, 0.6) is 0 Å². The van der Waals surface area contributed by atoms with Crippen molar-refractivity contribution >= 4 is 12.0 Å². The fourth-order valence-electron chi connectivity index (χ4n) is 4.27. The minimum atomic E-state index is -0.711. The number of carboxylic acid groups (broad SMARTS) is 1. The molecule has 0 saturated heterocycles. The maximum atomic E-state index is 12.3. The molecule has 2 saturated carbocycles. The van der Waals surface area contributed by atoms with Gasteiger partial charge in [0.05, 0.1) is 5.92 Å². The van der Waals surface area contributed by atoms with E-state index in [1.165, 1.54) is 5.56 Å². The second kappa shape index (κ2) is 8.37. The third-order valence-electron chi connectivity index (χ3n) is 5.73. The highest BCUT2D eigenvalue weighted by Gasteiger charge is 2.30. The van der Waals surface area contributed by atoms with Gasteiger partial charge in [-0.05, 0) is 56.4 Å². The highest BCUT2D eigenvalue weighted by atomic mass is 16.4. The van der Waals surface area contributed by atoms with E-state index in [0.29, 0.717) is 18.8 Å². The third-order valence-corrected chi connectivity index (χ3v) is 5.73. The van der Waals surface area contributed by atoms with Crippen LogP contribution in [0.3, 0.4) is 0 Å². The first-order valence-corrected chi connectivity index (χ1v) is 9.45. The molecule has 3 rings (SSSR count).